The van der Waals surface area contributed by atoms with Gasteiger partial charge in [-0.25, -0.2) is 0 Å². The maximum atomic E-state index is 6.02. The molecule has 4 N–H and O–H groups in total. The minimum Gasteiger partial charge on any atom is -0.330 e. The Morgan fingerprint density at radius 1 is 1.14 bits per heavy atom. The number of hydrogen-bond acceptors (Lipinski definition) is 2. The van der Waals surface area contributed by atoms with Crippen LogP contribution >= 0.6 is 31.9 Å². The normalized spacial score (nSPS) is 12.9. The Hall–Kier alpha value is 0.1000. The minimum absolute atomic E-state index is 0.0762. The van der Waals surface area contributed by atoms with Crippen LogP contribution in [0.3, 0.4) is 0 Å². The fourth-order valence-corrected chi connectivity index (χ4v) is 2.62. The lowest BCUT2D eigenvalue weighted by Gasteiger charge is -2.12. The zero-order valence-corrected chi connectivity index (χ0v) is 11.0. The Balaban J connectivity index is 2.73. The molecule has 1 aromatic carbocycles. The highest BCUT2D eigenvalue weighted by molar-refractivity contribution is 9.11. The lowest BCUT2D eigenvalue weighted by atomic mass is 10.0. The van der Waals surface area contributed by atoms with Gasteiger partial charge in [-0.05, 0) is 43.1 Å². The summed E-state index contributed by atoms with van der Waals surface area (Å²) in [6, 6.07) is 6.17. The summed E-state index contributed by atoms with van der Waals surface area (Å²) in [5.41, 5.74) is 12.6. The molecule has 0 spiro atoms. The van der Waals surface area contributed by atoms with E-state index in [1.165, 1.54) is 0 Å². The lowest BCUT2D eigenvalue weighted by molar-refractivity contribution is 0.617. The van der Waals surface area contributed by atoms with Gasteiger partial charge >= 0.3 is 0 Å². The van der Waals surface area contributed by atoms with Crippen LogP contribution in [0.1, 0.15) is 24.4 Å². The molecule has 14 heavy (non-hydrogen) atoms. The third-order valence-electron chi connectivity index (χ3n) is 2.03. The van der Waals surface area contributed by atoms with Crippen molar-refractivity contribution >= 4 is 31.9 Å². The van der Waals surface area contributed by atoms with Crippen LogP contribution in [0.25, 0.3) is 0 Å². The molecule has 0 amide bonds. The van der Waals surface area contributed by atoms with Crippen molar-refractivity contribution < 1.29 is 0 Å². The largest absolute Gasteiger partial charge is 0.330 e. The van der Waals surface area contributed by atoms with Crippen LogP contribution in [0, 0.1) is 0 Å². The molecule has 0 heterocycles. The maximum Gasteiger partial charge on any atom is 0.0296 e. The van der Waals surface area contributed by atoms with E-state index < -0.39 is 0 Å². The first kappa shape index (κ1) is 12.2. The number of halogens is 2. The van der Waals surface area contributed by atoms with Crippen LogP contribution < -0.4 is 11.5 Å². The van der Waals surface area contributed by atoms with Gasteiger partial charge in [-0.2, -0.15) is 0 Å². The topological polar surface area (TPSA) is 52.0 Å². The molecule has 78 valence electrons. The van der Waals surface area contributed by atoms with Crippen molar-refractivity contribution in [3.05, 3.63) is 32.7 Å². The SMILES string of the molecule is NCCC[C@H](N)c1cc(Br)cc(Br)c1. The smallest absolute Gasteiger partial charge is 0.0296 e. The number of nitrogens with two attached hydrogens (primary N) is 2. The van der Waals surface area contributed by atoms with Crippen LogP contribution in [0.5, 0.6) is 0 Å². The van der Waals surface area contributed by atoms with E-state index in [1.807, 2.05) is 18.2 Å². The Bertz CT molecular complexity index is 282. The molecule has 0 saturated heterocycles. The quantitative estimate of drug-likeness (QED) is 0.895. The third kappa shape index (κ3) is 3.69. The molecule has 0 radical (unpaired) electrons. The Labute approximate surface area is 101 Å². The van der Waals surface area contributed by atoms with Crippen LogP contribution in [-0.4, -0.2) is 6.54 Å². The van der Waals surface area contributed by atoms with Crippen molar-refractivity contribution in [3.8, 4) is 0 Å². The molecule has 4 heteroatoms. The van der Waals surface area contributed by atoms with E-state index in [4.69, 9.17) is 11.5 Å². The molecule has 0 saturated carbocycles. The van der Waals surface area contributed by atoms with Crippen LogP contribution in [-0.2, 0) is 0 Å². The van der Waals surface area contributed by atoms with Crippen molar-refractivity contribution in [1.82, 2.24) is 0 Å². The van der Waals surface area contributed by atoms with Gasteiger partial charge in [0.1, 0.15) is 0 Å². The fourth-order valence-electron chi connectivity index (χ4n) is 1.29. The van der Waals surface area contributed by atoms with Gasteiger partial charge < -0.3 is 11.5 Å². The summed E-state index contributed by atoms with van der Waals surface area (Å²) in [5.74, 6) is 0. The second kappa shape index (κ2) is 5.85. The standard InChI is InChI=1S/C10H14Br2N2/c11-8-4-7(5-9(12)6-8)10(14)2-1-3-13/h4-6,10H,1-3,13-14H2/t10-/m0/s1. The summed E-state index contributed by atoms with van der Waals surface area (Å²) in [4.78, 5) is 0. The van der Waals surface area contributed by atoms with Gasteiger partial charge in [0.05, 0.1) is 0 Å². The molecular weight excluding hydrogens is 308 g/mol. The molecule has 1 atom stereocenters. The van der Waals surface area contributed by atoms with Gasteiger partial charge in [0.25, 0.3) is 0 Å². The van der Waals surface area contributed by atoms with Gasteiger partial charge in [-0.1, -0.05) is 31.9 Å². The summed E-state index contributed by atoms with van der Waals surface area (Å²) in [6.45, 7) is 0.697. The second-order valence-electron chi connectivity index (χ2n) is 3.24. The van der Waals surface area contributed by atoms with Crippen molar-refractivity contribution in [1.29, 1.82) is 0 Å². The molecule has 0 aliphatic heterocycles. The summed E-state index contributed by atoms with van der Waals surface area (Å²) < 4.78 is 2.09. The molecule has 1 aromatic rings. The molecule has 0 bridgehead atoms. The van der Waals surface area contributed by atoms with Gasteiger partial charge in [-0.3, -0.25) is 0 Å². The average Bonchev–Trinajstić information content (AvgIpc) is 2.12. The van der Waals surface area contributed by atoms with E-state index in [9.17, 15) is 0 Å². The van der Waals surface area contributed by atoms with Gasteiger partial charge in [0.15, 0.2) is 0 Å². The summed E-state index contributed by atoms with van der Waals surface area (Å²) >= 11 is 6.88. The third-order valence-corrected chi connectivity index (χ3v) is 2.95. The molecular formula is C10H14Br2N2. The van der Waals surface area contributed by atoms with E-state index >= 15 is 0 Å². The highest BCUT2D eigenvalue weighted by Crippen LogP contribution is 2.24. The predicted octanol–water partition coefficient (Wildman–Crippen LogP) is 2.95. The van der Waals surface area contributed by atoms with Gasteiger partial charge in [0.2, 0.25) is 0 Å². The molecule has 0 aliphatic carbocycles. The minimum atomic E-state index is 0.0762. The Kier molecular flexibility index (Phi) is 5.09. The maximum absolute atomic E-state index is 6.02. The van der Waals surface area contributed by atoms with Crippen LogP contribution in [0.2, 0.25) is 0 Å². The van der Waals surface area contributed by atoms with E-state index in [-0.39, 0.29) is 6.04 Å². The highest BCUT2D eigenvalue weighted by Gasteiger charge is 2.06. The molecule has 1 rings (SSSR count). The van der Waals surface area contributed by atoms with Crippen molar-refractivity contribution in [3.63, 3.8) is 0 Å². The monoisotopic (exact) mass is 320 g/mol. The van der Waals surface area contributed by atoms with Crippen molar-refractivity contribution in [2.24, 2.45) is 11.5 Å². The molecule has 0 aliphatic rings. The number of rotatable bonds is 4. The van der Waals surface area contributed by atoms with Gasteiger partial charge in [-0.15, -0.1) is 0 Å². The molecule has 0 aromatic heterocycles. The summed E-state index contributed by atoms with van der Waals surface area (Å²) in [5, 5.41) is 0. The van der Waals surface area contributed by atoms with Crippen LogP contribution in [0.15, 0.2) is 27.1 Å². The van der Waals surface area contributed by atoms with Crippen LogP contribution in [0.4, 0.5) is 0 Å². The van der Waals surface area contributed by atoms with Crippen molar-refractivity contribution in [2.45, 2.75) is 18.9 Å². The van der Waals surface area contributed by atoms with Crippen molar-refractivity contribution in [2.75, 3.05) is 6.54 Å². The highest BCUT2D eigenvalue weighted by atomic mass is 79.9. The molecule has 2 nitrogen and oxygen atoms in total. The number of hydrogen-bond donors (Lipinski definition) is 2. The van der Waals surface area contributed by atoms with E-state index in [2.05, 4.69) is 31.9 Å². The second-order valence-corrected chi connectivity index (χ2v) is 5.07. The lowest BCUT2D eigenvalue weighted by Crippen LogP contribution is -2.12. The first-order chi connectivity index (χ1) is 6.63. The van der Waals surface area contributed by atoms with E-state index in [1.54, 1.807) is 0 Å². The van der Waals surface area contributed by atoms with E-state index in [0.717, 1.165) is 27.4 Å². The Morgan fingerprint density at radius 2 is 1.71 bits per heavy atom. The summed E-state index contributed by atoms with van der Waals surface area (Å²) in [7, 11) is 0. The molecule has 0 unspecified atom stereocenters. The summed E-state index contributed by atoms with van der Waals surface area (Å²) in [6.07, 6.45) is 1.89. The number of benzene rings is 1. The zero-order chi connectivity index (χ0) is 10.6. The first-order valence-corrected chi connectivity index (χ1v) is 6.13. The predicted molar refractivity (Wildman–Crippen MR) is 67.1 cm³/mol. The first-order valence-electron chi connectivity index (χ1n) is 4.55. The fraction of sp³-hybridized carbons (Fsp3) is 0.400. The molecule has 0 fully saturated rings. The average molecular weight is 322 g/mol. The van der Waals surface area contributed by atoms with E-state index in [0.29, 0.717) is 6.54 Å². The zero-order valence-electron chi connectivity index (χ0n) is 7.84. The van der Waals surface area contributed by atoms with Gasteiger partial charge in [0, 0.05) is 15.0 Å². The Morgan fingerprint density at radius 3 is 2.21 bits per heavy atom.